The van der Waals surface area contributed by atoms with Gasteiger partial charge < -0.3 is 15.4 Å². The number of carbonyl (C=O) groups excluding carboxylic acids is 3. The van der Waals surface area contributed by atoms with E-state index in [1.54, 1.807) is 24.3 Å². The summed E-state index contributed by atoms with van der Waals surface area (Å²) in [6.07, 6.45) is 0.284. The van der Waals surface area contributed by atoms with Gasteiger partial charge in [0.25, 0.3) is 5.91 Å². The zero-order chi connectivity index (χ0) is 20.0. The summed E-state index contributed by atoms with van der Waals surface area (Å²) in [5, 5.41) is 5.61. The fourth-order valence-electron chi connectivity index (χ4n) is 2.09. The van der Waals surface area contributed by atoms with Crippen molar-refractivity contribution in [2.75, 3.05) is 10.6 Å². The molecule has 0 spiro atoms. The lowest BCUT2D eigenvalue weighted by Crippen LogP contribution is -2.30. The second-order valence-corrected chi connectivity index (χ2v) is 6.50. The minimum absolute atomic E-state index is 0.0159. The normalized spacial score (nSPS) is 11.4. The van der Waals surface area contributed by atoms with Crippen LogP contribution in [0.3, 0.4) is 0 Å². The Balaban J connectivity index is 1.88. The number of carbonyl (C=O) groups is 3. The van der Waals surface area contributed by atoms with Crippen molar-refractivity contribution in [1.82, 2.24) is 4.98 Å². The number of hydrogen-bond acceptors (Lipinski definition) is 5. The van der Waals surface area contributed by atoms with Crippen LogP contribution in [0.1, 0.15) is 19.4 Å². The third kappa shape index (κ3) is 6.54. The summed E-state index contributed by atoms with van der Waals surface area (Å²) in [6, 6.07) is 8.17. The van der Waals surface area contributed by atoms with Gasteiger partial charge in [0.15, 0.2) is 11.9 Å². The Morgan fingerprint density at radius 3 is 2.41 bits per heavy atom. The predicted octanol–water partition coefficient (Wildman–Crippen LogP) is 3.46. The number of anilines is 2. The second kappa shape index (κ2) is 9.34. The number of nitrogens with one attached hydrogen (secondary N) is 2. The highest BCUT2D eigenvalue weighted by Gasteiger charge is 2.19. The van der Waals surface area contributed by atoms with Crippen molar-refractivity contribution >= 4 is 52.5 Å². The van der Waals surface area contributed by atoms with Gasteiger partial charge in [-0.2, -0.15) is 0 Å². The molecule has 0 unspecified atom stereocenters. The molecule has 142 valence electrons. The first-order chi connectivity index (χ1) is 12.7. The van der Waals surface area contributed by atoms with E-state index in [0.717, 1.165) is 0 Å². The highest BCUT2D eigenvalue weighted by molar-refractivity contribution is 6.36. The molecule has 2 aromatic rings. The van der Waals surface area contributed by atoms with Crippen LogP contribution in [-0.4, -0.2) is 28.9 Å². The molecule has 0 aliphatic heterocycles. The number of ether oxygens (including phenoxy) is 1. The van der Waals surface area contributed by atoms with Crippen LogP contribution in [0.25, 0.3) is 0 Å². The minimum atomic E-state index is -1.04. The van der Waals surface area contributed by atoms with Gasteiger partial charge in [0.1, 0.15) is 0 Å². The molecule has 1 aromatic heterocycles. The molecule has 1 atom stereocenters. The molecule has 1 aromatic carbocycles. The molecule has 0 saturated carbocycles. The number of esters is 1. The molecular weight excluding hydrogens is 393 g/mol. The third-order valence-corrected chi connectivity index (χ3v) is 3.84. The molecule has 0 bridgehead atoms. The van der Waals surface area contributed by atoms with E-state index in [4.69, 9.17) is 27.9 Å². The zero-order valence-corrected chi connectivity index (χ0v) is 16.1. The quantitative estimate of drug-likeness (QED) is 0.711. The lowest BCUT2D eigenvalue weighted by molar-refractivity contribution is -0.152. The Morgan fingerprint density at radius 2 is 1.81 bits per heavy atom. The highest BCUT2D eigenvalue weighted by atomic mass is 35.5. The fourth-order valence-corrected chi connectivity index (χ4v) is 2.52. The largest absolute Gasteiger partial charge is 0.452 e. The monoisotopic (exact) mass is 409 g/mol. The smallest absolute Gasteiger partial charge is 0.311 e. The van der Waals surface area contributed by atoms with Gasteiger partial charge in [-0.1, -0.05) is 35.3 Å². The van der Waals surface area contributed by atoms with Crippen molar-refractivity contribution in [2.45, 2.75) is 26.4 Å². The molecule has 0 fully saturated rings. The lowest BCUT2D eigenvalue weighted by Gasteiger charge is -2.14. The lowest BCUT2D eigenvalue weighted by atomic mass is 10.1. The van der Waals surface area contributed by atoms with Gasteiger partial charge in [-0.3, -0.25) is 14.4 Å². The first-order valence-electron chi connectivity index (χ1n) is 7.92. The maximum absolute atomic E-state index is 12.1. The van der Waals surface area contributed by atoms with E-state index in [0.29, 0.717) is 16.3 Å². The number of halogens is 2. The van der Waals surface area contributed by atoms with Crippen molar-refractivity contribution < 1.29 is 19.1 Å². The SMILES string of the molecule is CC(=O)Nc1ccc(CC(=O)O[C@H](C)C(=O)Nc2ncc(Cl)cc2Cl)cc1. The summed E-state index contributed by atoms with van der Waals surface area (Å²) in [5.41, 5.74) is 1.31. The summed E-state index contributed by atoms with van der Waals surface area (Å²) in [4.78, 5) is 39.0. The molecule has 0 aliphatic rings. The maximum Gasteiger partial charge on any atom is 0.311 e. The molecule has 2 amide bonds. The second-order valence-electron chi connectivity index (χ2n) is 5.66. The van der Waals surface area contributed by atoms with E-state index < -0.39 is 18.0 Å². The van der Waals surface area contributed by atoms with E-state index in [2.05, 4.69) is 15.6 Å². The van der Waals surface area contributed by atoms with Gasteiger partial charge in [-0.15, -0.1) is 0 Å². The molecular formula is C18H17Cl2N3O4. The minimum Gasteiger partial charge on any atom is -0.452 e. The van der Waals surface area contributed by atoms with Gasteiger partial charge in [0.05, 0.1) is 16.5 Å². The Kier molecular flexibility index (Phi) is 7.15. The van der Waals surface area contributed by atoms with E-state index in [9.17, 15) is 14.4 Å². The molecule has 9 heteroatoms. The van der Waals surface area contributed by atoms with Crippen LogP contribution < -0.4 is 10.6 Å². The number of aromatic nitrogens is 1. The zero-order valence-electron chi connectivity index (χ0n) is 14.6. The van der Waals surface area contributed by atoms with Crippen molar-refractivity contribution in [1.29, 1.82) is 0 Å². The average Bonchev–Trinajstić information content (AvgIpc) is 2.58. The Hall–Kier alpha value is -2.64. The molecule has 27 heavy (non-hydrogen) atoms. The fraction of sp³-hybridized carbons (Fsp3) is 0.222. The van der Waals surface area contributed by atoms with Gasteiger partial charge in [0, 0.05) is 18.8 Å². The van der Waals surface area contributed by atoms with Crippen molar-refractivity contribution in [3.63, 3.8) is 0 Å². The molecule has 7 nitrogen and oxygen atoms in total. The van der Waals surface area contributed by atoms with Crippen LogP contribution in [-0.2, 0) is 25.5 Å². The van der Waals surface area contributed by atoms with E-state index in [1.165, 1.54) is 26.1 Å². The number of pyridine rings is 1. The van der Waals surface area contributed by atoms with Crippen LogP contribution in [0.15, 0.2) is 36.5 Å². The number of benzene rings is 1. The van der Waals surface area contributed by atoms with Crippen LogP contribution in [0.4, 0.5) is 11.5 Å². The van der Waals surface area contributed by atoms with E-state index in [-0.39, 0.29) is 23.2 Å². The highest BCUT2D eigenvalue weighted by Crippen LogP contribution is 2.22. The number of nitrogens with zero attached hydrogens (tertiary/aromatic N) is 1. The molecule has 0 aliphatic carbocycles. The number of hydrogen-bond donors (Lipinski definition) is 2. The van der Waals surface area contributed by atoms with Crippen LogP contribution in [0.5, 0.6) is 0 Å². The van der Waals surface area contributed by atoms with Gasteiger partial charge in [-0.05, 0) is 30.7 Å². The van der Waals surface area contributed by atoms with Crippen molar-refractivity contribution in [3.8, 4) is 0 Å². The number of amides is 2. The first kappa shape index (κ1) is 20.7. The Morgan fingerprint density at radius 1 is 1.15 bits per heavy atom. The maximum atomic E-state index is 12.1. The van der Waals surface area contributed by atoms with Gasteiger partial charge in [0.2, 0.25) is 5.91 Å². The van der Waals surface area contributed by atoms with E-state index >= 15 is 0 Å². The van der Waals surface area contributed by atoms with Crippen molar-refractivity contribution in [2.24, 2.45) is 0 Å². The Labute approximate surface area is 166 Å². The summed E-state index contributed by atoms with van der Waals surface area (Å²) < 4.78 is 5.13. The Bertz CT molecular complexity index is 856. The molecule has 0 saturated heterocycles. The van der Waals surface area contributed by atoms with Crippen LogP contribution >= 0.6 is 23.2 Å². The average molecular weight is 410 g/mol. The summed E-state index contributed by atoms with van der Waals surface area (Å²) >= 11 is 11.7. The summed E-state index contributed by atoms with van der Waals surface area (Å²) in [7, 11) is 0. The standard InChI is InChI=1S/C18H17Cl2N3O4/c1-10(18(26)23-17-15(20)8-13(19)9-21-17)27-16(25)7-12-3-5-14(6-4-12)22-11(2)24/h3-6,8-10H,7H2,1-2H3,(H,22,24)(H,21,23,26)/t10-/m1/s1. The van der Waals surface area contributed by atoms with Gasteiger partial charge in [-0.25, -0.2) is 4.98 Å². The molecule has 0 radical (unpaired) electrons. The van der Waals surface area contributed by atoms with Gasteiger partial charge >= 0.3 is 5.97 Å². The van der Waals surface area contributed by atoms with Crippen molar-refractivity contribution in [3.05, 3.63) is 52.1 Å². The molecule has 2 rings (SSSR count). The van der Waals surface area contributed by atoms with Crippen LogP contribution in [0.2, 0.25) is 10.0 Å². The third-order valence-electron chi connectivity index (χ3n) is 3.35. The molecule has 2 N–H and O–H groups in total. The topological polar surface area (TPSA) is 97.4 Å². The summed E-state index contributed by atoms with van der Waals surface area (Å²) in [5.74, 6) is -1.19. The van der Waals surface area contributed by atoms with E-state index in [1.807, 2.05) is 0 Å². The first-order valence-corrected chi connectivity index (χ1v) is 8.68. The van der Waals surface area contributed by atoms with Crippen LogP contribution in [0, 0.1) is 0 Å². The predicted molar refractivity (Wildman–Crippen MR) is 103 cm³/mol. The summed E-state index contributed by atoms with van der Waals surface area (Å²) in [6.45, 7) is 2.85. The molecule has 1 heterocycles. The number of rotatable bonds is 6.